The number of para-hydroxylation sites is 1. The van der Waals surface area contributed by atoms with Crippen LogP contribution in [0.4, 0.5) is 0 Å². The Morgan fingerprint density at radius 2 is 2.08 bits per heavy atom. The molecule has 1 aromatic carbocycles. The van der Waals surface area contributed by atoms with Crippen LogP contribution in [0, 0.1) is 6.92 Å². The average Bonchev–Trinajstić information content (AvgIpc) is 3.23. The number of rotatable bonds is 4. The number of hydrogen-bond donors (Lipinski definition) is 0. The van der Waals surface area contributed by atoms with Gasteiger partial charge in [-0.3, -0.25) is 9.36 Å². The fourth-order valence-corrected chi connectivity index (χ4v) is 3.97. The van der Waals surface area contributed by atoms with Crippen LogP contribution in [0.2, 0.25) is 0 Å². The maximum Gasteiger partial charge on any atom is 0.262 e. The molecule has 0 saturated carbocycles. The van der Waals surface area contributed by atoms with E-state index in [1.54, 1.807) is 23.0 Å². The van der Waals surface area contributed by atoms with Gasteiger partial charge in [0.05, 0.1) is 23.7 Å². The minimum atomic E-state index is -0.0965. The van der Waals surface area contributed by atoms with E-state index in [0.29, 0.717) is 34.2 Å². The van der Waals surface area contributed by atoms with Crippen LogP contribution in [-0.2, 0) is 6.54 Å². The third-order valence-electron chi connectivity index (χ3n) is 3.41. The van der Waals surface area contributed by atoms with E-state index in [2.05, 4.69) is 14.3 Å². The molecule has 4 rings (SSSR count). The summed E-state index contributed by atoms with van der Waals surface area (Å²) in [5.74, 6) is 1.41. The Labute approximate surface area is 145 Å². The van der Waals surface area contributed by atoms with Crippen molar-refractivity contribution in [1.29, 1.82) is 0 Å². The summed E-state index contributed by atoms with van der Waals surface area (Å²) in [6.07, 6.45) is 1.59. The van der Waals surface area contributed by atoms with E-state index in [1.165, 1.54) is 23.3 Å². The molecule has 0 bridgehead atoms. The van der Waals surface area contributed by atoms with E-state index in [-0.39, 0.29) is 5.56 Å². The highest BCUT2D eigenvalue weighted by Crippen LogP contribution is 2.28. The lowest BCUT2D eigenvalue weighted by Crippen LogP contribution is -2.23. The fraction of sp³-hybridized carbons (Fsp3) is 0.125. The molecule has 0 radical (unpaired) electrons. The highest BCUT2D eigenvalue weighted by Gasteiger charge is 2.15. The molecule has 3 aromatic heterocycles. The first kappa shape index (κ1) is 15.1. The molecule has 6 nitrogen and oxygen atoms in total. The van der Waals surface area contributed by atoms with Crippen LogP contribution in [0.25, 0.3) is 10.9 Å². The van der Waals surface area contributed by atoms with E-state index in [9.17, 15) is 4.79 Å². The molecule has 0 fully saturated rings. The fourth-order valence-electron chi connectivity index (χ4n) is 2.32. The second-order valence-corrected chi connectivity index (χ2v) is 7.06. The Kier molecular flexibility index (Phi) is 3.91. The summed E-state index contributed by atoms with van der Waals surface area (Å²) in [5.41, 5.74) is 0.572. The first-order chi connectivity index (χ1) is 11.7. The van der Waals surface area contributed by atoms with Gasteiger partial charge >= 0.3 is 0 Å². The zero-order chi connectivity index (χ0) is 16.5. The molecule has 4 aromatic rings. The van der Waals surface area contributed by atoms with Gasteiger partial charge in [-0.1, -0.05) is 12.1 Å². The van der Waals surface area contributed by atoms with Gasteiger partial charge in [0.1, 0.15) is 11.6 Å². The highest BCUT2D eigenvalue weighted by atomic mass is 32.2. The van der Waals surface area contributed by atoms with Gasteiger partial charge in [0.15, 0.2) is 9.50 Å². The van der Waals surface area contributed by atoms with E-state index in [0.717, 1.165) is 4.34 Å². The minimum absolute atomic E-state index is 0.0965. The number of aromatic nitrogens is 4. The van der Waals surface area contributed by atoms with E-state index in [1.807, 2.05) is 31.2 Å². The third kappa shape index (κ3) is 2.85. The molecule has 0 amide bonds. The monoisotopic (exact) mass is 356 g/mol. The Hall–Kier alpha value is -2.45. The van der Waals surface area contributed by atoms with Gasteiger partial charge < -0.3 is 4.42 Å². The molecule has 0 aliphatic carbocycles. The summed E-state index contributed by atoms with van der Waals surface area (Å²) in [6.45, 7) is 2.16. The van der Waals surface area contributed by atoms with Crippen molar-refractivity contribution in [3.8, 4) is 0 Å². The Bertz CT molecular complexity index is 1050. The number of aryl methyl sites for hydroxylation is 1. The SMILES string of the molecule is Cc1nsc(Sc2nc3ccccc3c(=O)n2Cc2ccco2)n1. The van der Waals surface area contributed by atoms with Gasteiger partial charge in [-0.05, 0) is 54.5 Å². The summed E-state index contributed by atoms with van der Waals surface area (Å²) in [6, 6.07) is 11.0. The molecular weight excluding hydrogens is 344 g/mol. The molecular formula is C16H12N4O2S2. The number of fused-ring (bicyclic) bond motifs is 1. The molecule has 0 unspecified atom stereocenters. The van der Waals surface area contributed by atoms with E-state index >= 15 is 0 Å². The maximum atomic E-state index is 12.9. The topological polar surface area (TPSA) is 73.8 Å². The third-order valence-corrected chi connectivity index (χ3v) is 5.24. The summed E-state index contributed by atoms with van der Waals surface area (Å²) in [5, 5.41) is 1.16. The molecule has 0 aliphatic rings. The summed E-state index contributed by atoms with van der Waals surface area (Å²) >= 11 is 2.64. The second kappa shape index (κ2) is 6.21. The van der Waals surface area contributed by atoms with Crippen LogP contribution in [0.1, 0.15) is 11.6 Å². The first-order valence-electron chi connectivity index (χ1n) is 7.21. The van der Waals surface area contributed by atoms with Crippen LogP contribution in [0.15, 0.2) is 61.4 Å². The lowest BCUT2D eigenvalue weighted by Gasteiger charge is -2.10. The van der Waals surface area contributed by atoms with Crippen molar-refractivity contribution in [3.63, 3.8) is 0 Å². The van der Waals surface area contributed by atoms with Gasteiger partial charge in [0.2, 0.25) is 0 Å². The van der Waals surface area contributed by atoms with Gasteiger partial charge in [-0.25, -0.2) is 9.97 Å². The molecule has 0 atom stereocenters. The number of benzene rings is 1. The molecule has 3 heterocycles. The predicted molar refractivity (Wildman–Crippen MR) is 92.6 cm³/mol. The van der Waals surface area contributed by atoms with Crippen molar-refractivity contribution in [2.75, 3.05) is 0 Å². The summed E-state index contributed by atoms with van der Waals surface area (Å²) in [7, 11) is 0. The summed E-state index contributed by atoms with van der Waals surface area (Å²) in [4.78, 5) is 21.9. The minimum Gasteiger partial charge on any atom is -0.467 e. The van der Waals surface area contributed by atoms with Crippen molar-refractivity contribution >= 4 is 34.2 Å². The molecule has 0 saturated heterocycles. The Morgan fingerprint density at radius 1 is 1.21 bits per heavy atom. The molecule has 24 heavy (non-hydrogen) atoms. The van der Waals surface area contributed by atoms with Gasteiger partial charge in [-0.2, -0.15) is 4.37 Å². The standard InChI is InChI=1S/C16H12N4O2S2/c1-10-17-16(24-19-10)23-15-18-13-7-3-2-6-12(13)14(21)20(15)9-11-5-4-8-22-11/h2-8H,9H2,1H3. The van der Waals surface area contributed by atoms with Crippen LogP contribution in [-0.4, -0.2) is 18.9 Å². The highest BCUT2D eigenvalue weighted by molar-refractivity contribution is 8.00. The van der Waals surface area contributed by atoms with Gasteiger partial charge in [0, 0.05) is 0 Å². The zero-order valence-corrected chi connectivity index (χ0v) is 14.3. The van der Waals surface area contributed by atoms with Gasteiger partial charge in [-0.15, -0.1) is 0 Å². The van der Waals surface area contributed by atoms with Crippen LogP contribution >= 0.6 is 23.3 Å². The molecule has 0 N–H and O–H groups in total. The van der Waals surface area contributed by atoms with E-state index < -0.39 is 0 Å². The van der Waals surface area contributed by atoms with Crippen LogP contribution in [0.5, 0.6) is 0 Å². The Balaban J connectivity index is 1.87. The molecule has 0 spiro atoms. The number of hydrogen-bond acceptors (Lipinski definition) is 7. The van der Waals surface area contributed by atoms with Crippen molar-refractivity contribution < 1.29 is 4.42 Å². The van der Waals surface area contributed by atoms with Crippen molar-refractivity contribution in [2.45, 2.75) is 23.0 Å². The number of furan rings is 1. The lowest BCUT2D eigenvalue weighted by molar-refractivity contribution is 0.476. The largest absolute Gasteiger partial charge is 0.467 e. The quantitative estimate of drug-likeness (QED) is 0.522. The maximum absolute atomic E-state index is 12.9. The van der Waals surface area contributed by atoms with Crippen molar-refractivity contribution in [2.24, 2.45) is 0 Å². The van der Waals surface area contributed by atoms with E-state index in [4.69, 9.17) is 4.42 Å². The van der Waals surface area contributed by atoms with Crippen LogP contribution < -0.4 is 5.56 Å². The smallest absolute Gasteiger partial charge is 0.262 e. The van der Waals surface area contributed by atoms with Gasteiger partial charge in [0.25, 0.3) is 5.56 Å². The molecule has 0 aliphatic heterocycles. The lowest BCUT2D eigenvalue weighted by atomic mass is 10.2. The van der Waals surface area contributed by atoms with Crippen LogP contribution in [0.3, 0.4) is 0 Å². The zero-order valence-electron chi connectivity index (χ0n) is 12.7. The predicted octanol–water partition coefficient (Wildman–Crippen LogP) is 3.35. The Morgan fingerprint density at radius 3 is 2.83 bits per heavy atom. The van der Waals surface area contributed by atoms with Crippen molar-refractivity contribution in [1.82, 2.24) is 18.9 Å². The first-order valence-corrected chi connectivity index (χ1v) is 8.80. The normalized spacial score (nSPS) is 11.2. The second-order valence-electron chi connectivity index (χ2n) is 5.09. The average molecular weight is 356 g/mol. The molecule has 120 valence electrons. The summed E-state index contributed by atoms with van der Waals surface area (Å²) < 4.78 is 11.9. The van der Waals surface area contributed by atoms with Crippen molar-refractivity contribution in [3.05, 3.63) is 64.6 Å². The molecule has 8 heteroatoms. The number of nitrogens with zero attached hydrogens (tertiary/aromatic N) is 4.